The summed E-state index contributed by atoms with van der Waals surface area (Å²) in [5.74, 6) is 0.134. The van der Waals surface area contributed by atoms with E-state index < -0.39 is 30.5 Å². The lowest BCUT2D eigenvalue weighted by atomic mass is 10.1. The molecule has 0 spiro atoms. The van der Waals surface area contributed by atoms with Gasteiger partial charge in [-0.15, -0.1) is 0 Å². The van der Waals surface area contributed by atoms with E-state index in [1.54, 1.807) is 6.07 Å². The predicted molar refractivity (Wildman–Crippen MR) is 149 cm³/mol. The fourth-order valence-corrected chi connectivity index (χ4v) is 3.10. The van der Waals surface area contributed by atoms with Crippen LogP contribution in [0.4, 0.5) is 14.4 Å². The highest BCUT2D eigenvalue weighted by Crippen LogP contribution is 2.30. The van der Waals surface area contributed by atoms with Crippen LogP contribution in [0.3, 0.4) is 0 Å². The van der Waals surface area contributed by atoms with E-state index >= 15 is 0 Å². The zero-order chi connectivity index (χ0) is 30.8. The maximum Gasteiger partial charge on any atom is 0.513 e. The smallest absolute Gasteiger partial charge is 0.468 e. The maximum absolute atomic E-state index is 12.4. The Hall–Kier alpha value is -3.54. The van der Waals surface area contributed by atoms with Gasteiger partial charge in [-0.05, 0) is 54.7 Å². The number of hydrogen-bond donors (Lipinski definition) is 1. The third-order valence-electron chi connectivity index (χ3n) is 5.40. The summed E-state index contributed by atoms with van der Waals surface area (Å²) in [5, 5.41) is 2.97. The quantitative estimate of drug-likeness (QED) is 0.110. The number of hydrogen-bond acceptors (Lipinski definition) is 12. The first-order chi connectivity index (χ1) is 19.4. The Morgan fingerprint density at radius 2 is 1.27 bits per heavy atom. The number of nitrogens with one attached hydrogen (secondary N) is 1. The van der Waals surface area contributed by atoms with Crippen molar-refractivity contribution >= 4 is 24.4 Å². The molecule has 0 aliphatic rings. The number of rotatable bonds is 17. The van der Waals surface area contributed by atoms with Gasteiger partial charge in [0.2, 0.25) is 0 Å². The number of benzene rings is 1. The monoisotopic (exact) mass is 583 g/mol. The van der Waals surface area contributed by atoms with Crippen LogP contribution in [0.15, 0.2) is 18.2 Å². The number of carbonyl (C=O) groups is 4. The van der Waals surface area contributed by atoms with Gasteiger partial charge in [-0.1, -0.05) is 47.6 Å². The Morgan fingerprint density at radius 3 is 1.80 bits per heavy atom. The zero-order valence-corrected chi connectivity index (χ0v) is 25.2. The molecule has 232 valence electrons. The van der Waals surface area contributed by atoms with E-state index in [-0.39, 0.29) is 56.8 Å². The summed E-state index contributed by atoms with van der Waals surface area (Å²) in [6, 6.07) is 3.66. The normalized spacial score (nSPS) is 11.7. The summed E-state index contributed by atoms with van der Waals surface area (Å²) < 4.78 is 35.7. The van der Waals surface area contributed by atoms with E-state index in [4.69, 9.17) is 33.2 Å². The molecule has 0 bridgehead atoms. The minimum Gasteiger partial charge on any atom is -0.468 e. The van der Waals surface area contributed by atoms with E-state index in [9.17, 15) is 19.2 Å². The summed E-state index contributed by atoms with van der Waals surface area (Å²) >= 11 is 0. The number of ether oxygens (including phenoxy) is 7. The predicted octanol–water partition coefficient (Wildman–Crippen LogP) is 5.29. The van der Waals surface area contributed by atoms with Crippen molar-refractivity contribution in [3.63, 3.8) is 0 Å². The molecule has 1 aromatic rings. The maximum atomic E-state index is 12.4. The van der Waals surface area contributed by atoms with Gasteiger partial charge in [-0.2, -0.15) is 0 Å². The first kappa shape index (κ1) is 35.5. The number of methoxy groups -OCH3 is 1. The van der Waals surface area contributed by atoms with Gasteiger partial charge in [-0.25, -0.2) is 14.4 Å². The van der Waals surface area contributed by atoms with Gasteiger partial charge in [0.15, 0.2) is 11.5 Å². The van der Waals surface area contributed by atoms with E-state index in [1.165, 1.54) is 19.2 Å². The third kappa shape index (κ3) is 16.3. The molecule has 0 heterocycles. The Kier molecular flexibility index (Phi) is 16.9. The highest BCUT2D eigenvalue weighted by atomic mass is 16.7. The molecule has 1 N–H and O–H groups in total. The Bertz CT molecular complexity index is 962. The van der Waals surface area contributed by atoms with E-state index in [2.05, 4.69) is 5.32 Å². The Labute approximate surface area is 242 Å². The largest absolute Gasteiger partial charge is 0.513 e. The van der Waals surface area contributed by atoms with Crippen molar-refractivity contribution < 1.29 is 52.3 Å². The summed E-state index contributed by atoms with van der Waals surface area (Å²) in [6.45, 7) is 12.5. The molecule has 1 atom stereocenters. The van der Waals surface area contributed by atoms with Crippen molar-refractivity contribution in [2.75, 3.05) is 40.1 Å². The zero-order valence-electron chi connectivity index (χ0n) is 25.2. The molecule has 0 aliphatic carbocycles. The molecule has 41 heavy (non-hydrogen) atoms. The van der Waals surface area contributed by atoms with Gasteiger partial charge in [0.25, 0.3) is 0 Å². The minimum atomic E-state index is -0.968. The second-order valence-electron chi connectivity index (χ2n) is 10.6. The van der Waals surface area contributed by atoms with Crippen LogP contribution in [-0.2, 0) is 34.9 Å². The van der Waals surface area contributed by atoms with Crippen molar-refractivity contribution in [3.8, 4) is 11.5 Å². The molecule has 12 nitrogen and oxygen atoms in total. The van der Waals surface area contributed by atoms with Crippen LogP contribution in [0, 0.1) is 17.8 Å². The molecule has 1 rings (SSSR count). The lowest BCUT2D eigenvalue weighted by molar-refractivity contribution is -0.143. The van der Waals surface area contributed by atoms with Crippen LogP contribution < -0.4 is 14.8 Å². The molecule has 0 amide bonds. The highest BCUT2D eigenvalue weighted by molar-refractivity contribution is 5.76. The second-order valence-corrected chi connectivity index (χ2v) is 10.6. The molecule has 12 heteroatoms. The van der Waals surface area contributed by atoms with Crippen molar-refractivity contribution in [1.82, 2.24) is 5.32 Å². The van der Waals surface area contributed by atoms with Crippen molar-refractivity contribution in [2.45, 2.75) is 66.8 Å². The topological polar surface area (TPSA) is 145 Å². The minimum absolute atomic E-state index is 0.0350. The van der Waals surface area contributed by atoms with Crippen LogP contribution in [0.1, 0.15) is 59.9 Å². The average Bonchev–Trinajstić information content (AvgIpc) is 2.89. The van der Waals surface area contributed by atoms with Gasteiger partial charge in [0.1, 0.15) is 12.6 Å². The molecule has 0 unspecified atom stereocenters. The highest BCUT2D eigenvalue weighted by Gasteiger charge is 2.22. The summed E-state index contributed by atoms with van der Waals surface area (Å²) in [5.41, 5.74) is 0.552. The fraction of sp³-hybridized carbons (Fsp3) is 0.655. The van der Waals surface area contributed by atoms with E-state index in [1.807, 2.05) is 41.5 Å². The SMILES string of the molecule is COC(=O)[C@H](Cc1ccc(OC(=O)OCCC(C)C)c(OC(=O)OCCC(C)C)c1)NCCOC(=O)OCC(C)C. The van der Waals surface area contributed by atoms with Crippen molar-refractivity contribution in [3.05, 3.63) is 23.8 Å². The molecule has 0 radical (unpaired) electrons. The van der Waals surface area contributed by atoms with Gasteiger partial charge in [0, 0.05) is 6.54 Å². The average molecular weight is 584 g/mol. The van der Waals surface area contributed by atoms with Crippen LogP contribution in [0.25, 0.3) is 0 Å². The molecule has 1 aromatic carbocycles. The molecular formula is C29H45NO11. The van der Waals surface area contributed by atoms with Gasteiger partial charge in [-0.3, -0.25) is 4.79 Å². The molecule has 0 saturated carbocycles. The Morgan fingerprint density at radius 1 is 0.707 bits per heavy atom. The summed E-state index contributed by atoms with van der Waals surface area (Å²) in [7, 11) is 1.25. The lowest BCUT2D eigenvalue weighted by Gasteiger charge is -2.18. The van der Waals surface area contributed by atoms with Crippen LogP contribution in [0.5, 0.6) is 11.5 Å². The van der Waals surface area contributed by atoms with Gasteiger partial charge < -0.3 is 38.5 Å². The first-order valence-corrected chi connectivity index (χ1v) is 13.8. The van der Waals surface area contributed by atoms with Crippen molar-refractivity contribution in [2.24, 2.45) is 17.8 Å². The number of esters is 1. The van der Waals surface area contributed by atoms with Crippen molar-refractivity contribution in [1.29, 1.82) is 0 Å². The molecule has 0 aromatic heterocycles. The number of carbonyl (C=O) groups excluding carboxylic acids is 4. The third-order valence-corrected chi connectivity index (χ3v) is 5.40. The molecule has 0 fully saturated rings. The fourth-order valence-electron chi connectivity index (χ4n) is 3.10. The summed E-state index contributed by atoms with van der Waals surface area (Å²) in [4.78, 5) is 48.6. The van der Waals surface area contributed by atoms with Crippen LogP contribution in [-0.4, -0.2) is 70.6 Å². The van der Waals surface area contributed by atoms with Crippen LogP contribution >= 0.6 is 0 Å². The van der Waals surface area contributed by atoms with Crippen LogP contribution in [0.2, 0.25) is 0 Å². The summed E-state index contributed by atoms with van der Waals surface area (Å²) in [6.07, 6.45) is -1.29. The van der Waals surface area contributed by atoms with Gasteiger partial charge >= 0.3 is 24.4 Å². The Balaban J connectivity index is 2.94. The molecule has 0 aliphatic heterocycles. The molecular weight excluding hydrogens is 538 g/mol. The lowest BCUT2D eigenvalue weighted by Crippen LogP contribution is -2.41. The first-order valence-electron chi connectivity index (χ1n) is 13.8. The molecule has 0 saturated heterocycles. The second kappa shape index (κ2) is 19.5. The van der Waals surface area contributed by atoms with E-state index in [0.29, 0.717) is 30.2 Å². The van der Waals surface area contributed by atoms with Gasteiger partial charge in [0.05, 0.1) is 26.9 Å². The standard InChI is InChI=1S/C29H45NO11/c1-19(2)10-13-36-28(33)40-24-9-8-22(17-25(24)41-29(34)37-14-11-20(3)4)16-23(26(31)35-7)30-12-15-38-27(32)39-18-21(5)6/h8-9,17,19-21,23,30H,10-16,18H2,1-7H3/t23-/m0/s1. The van der Waals surface area contributed by atoms with E-state index in [0.717, 1.165) is 0 Å².